The van der Waals surface area contributed by atoms with Gasteiger partial charge in [0.05, 0.1) is 10.7 Å². The molecule has 0 aliphatic carbocycles. The van der Waals surface area contributed by atoms with Gasteiger partial charge in [-0.05, 0) is 13.3 Å². The number of hydrogen-bond donors (Lipinski definition) is 1. The van der Waals surface area contributed by atoms with Crippen molar-refractivity contribution in [2.75, 3.05) is 37.6 Å². The number of aliphatic imine (C=N–C) groups is 1. The fourth-order valence-corrected chi connectivity index (χ4v) is 4.49. The Labute approximate surface area is 151 Å². The SMILES string of the molecule is CCc1nc(CCN=C(N)N2CCN(c3nccs3)CC2)sc1C. The predicted molar refractivity (Wildman–Crippen MR) is 102 cm³/mol. The number of nitrogens with two attached hydrogens (primary N) is 1. The maximum atomic E-state index is 6.17. The van der Waals surface area contributed by atoms with E-state index in [1.807, 2.05) is 11.6 Å². The molecule has 1 saturated heterocycles. The van der Waals surface area contributed by atoms with E-state index in [-0.39, 0.29) is 0 Å². The van der Waals surface area contributed by atoms with E-state index in [4.69, 9.17) is 5.73 Å². The average molecular weight is 365 g/mol. The molecule has 0 bridgehead atoms. The summed E-state index contributed by atoms with van der Waals surface area (Å²) < 4.78 is 0. The van der Waals surface area contributed by atoms with E-state index >= 15 is 0 Å². The van der Waals surface area contributed by atoms with E-state index < -0.39 is 0 Å². The van der Waals surface area contributed by atoms with Gasteiger partial charge in [0.1, 0.15) is 0 Å². The summed E-state index contributed by atoms with van der Waals surface area (Å²) in [5, 5.41) is 4.27. The topological polar surface area (TPSA) is 70.6 Å². The fraction of sp³-hybridized carbons (Fsp3) is 0.562. The van der Waals surface area contributed by atoms with Crippen molar-refractivity contribution in [1.29, 1.82) is 0 Å². The van der Waals surface area contributed by atoms with Crippen LogP contribution in [0.25, 0.3) is 0 Å². The molecule has 0 atom stereocenters. The third-order valence-electron chi connectivity index (χ3n) is 4.16. The number of rotatable bonds is 5. The Morgan fingerprint density at radius 1 is 1.33 bits per heavy atom. The highest BCUT2D eigenvalue weighted by Crippen LogP contribution is 2.19. The molecule has 8 heteroatoms. The number of aromatic nitrogens is 2. The molecule has 0 amide bonds. The van der Waals surface area contributed by atoms with Crippen molar-refractivity contribution in [2.24, 2.45) is 10.7 Å². The molecule has 0 saturated carbocycles. The Kier molecular flexibility index (Phi) is 5.68. The second-order valence-corrected chi connectivity index (χ2v) is 7.90. The first kappa shape index (κ1) is 17.2. The lowest BCUT2D eigenvalue weighted by molar-refractivity contribution is 0.380. The summed E-state index contributed by atoms with van der Waals surface area (Å²) in [4.78, 5) is 19.4. The minimum Gasteiger partial charge on any atom is -0.370 e. The third kappa shape index (κ3) is 4.05. The van der Waals surface area contributed by atoms with E-state index in [1.54, 1.807) is 22.7 Å². The molecule has 3 heterocycles. The van der Waals surface area contributed by atoms with Gasteiger partial charge in [0.2, 0.25) is 0 Å². The molecule has 2 aromatic rings. The monoisotopic (exact) mass is 364 g/mol. The Balaban J connectivity index is 1.47. The van der Waals surface area contributed by atoms with Gasteiger partial charge in [-0.25, -0.2) is 9.97 Å². The number of piperazine rings is 1. The largest absolute Gasteiger partial charge is 0.370 e. The van der Waals surface area contributed by atoms with Crippen molar-refractivity contribution >= 4 is 33.8 Å². The van der Waals surface area contributed by atoms with Crippen molar-refractivity contribution in [3.63, 3.8) is 0 Å². The van der Waals surface area contributed by atoms with Crippen LogP contribution < -0.4 is 10.6 Å². The first-order valence-corrected chi connectivity index (χ1v) is 10.0. The Morgan fingerprint density at radius 2 is 2.12 bits per heavy atom. The van der Waals surface area contributed by atoms with Crippen molar-refractivity contribution in [2.45, 2.75) is 26.7 Å². The number of hydrogen-bond acceptors (Lipinski definition) is 6. The molecule has 0 spiro atoms. The first-order chi connectivity index (χ1) is 11.7. The number of thiazole rings is 2. The molecule has 0 aromatic carbocycles. The smallest absolute Gasteiger partial charge is 0.191 e. The minimum atomic E-state index is 0.651. The van der Waals surface area contributed by atoms with Crippen molar-refractivity contribution in [3.8, 4) is 0 Å². The predicted octanol–water partition coefficient (Wildman–Crippen LogP) is 2.15. The summed E-state index contributed by atoms with van der Waals surface area (Å²) in [5.74, 6) is 0.651. The van der Waals surface area contributed by atoms with Gasteiger partial charge in [0, 0.05) is 55.6 Å². The summed E-state index contributed by atoms with van der Waals surface area (Å²) in [6.07, 6.45) is 3.72. The second kappa shape index (κ2) is 7.94. The van der Waals surface area contributed by atoms with Gasteiger partial charge in [-0.1, -0.05) is 6.92 Å². The highest BCUT2D eigenvalue weighted by molar-refractivity contribution is 7.13. The Morgan fingerprint density at radius 3 is 2.75 bits per heavy atom. The standard InChI is InChI=1S/C16H24N6S2/c1-3-13-12(2)24-14(20-13)4-5-18-15(17)21-7-9-22(10-8-21)16-19-6-11-23-16/h6,11H,3-5,7-10H2,1-2H3,(H2,17,18). The maximum Gasteiger partial charge on any atom is 0.191 e. The van der Waals surface area contributed by atoms with Crippen LogP contribution in [0.2, 0.25) is 0 Å². The zero-order valence-electron chi connectivity index (χ0n) is 14.2. The Hall–Kier alpha value is -1.67. The quantitative estimate of drug-likeness (QED) is 0.650. The third-order valence-corrected chi connectivity index (χ3v) is 6.07. The van der Waals surface area contributed by atoms with Gasteiger partial charge in [0.15, 0.2) is 11.1 Å². The van der Waals surface area contributed by atoms with E-state index in [1.165, 1.54) is 10.6 Å². The molecular weight excluding hydrogens is 340 g/mol. The van der Waals surface area contributed by atoms with E-state index in [0.717, 1.165) is 49.2 Å². The van der Waals surface area contributed by atoms with Crippen LogP contribution >= 0.6 is 22.7 Å². The highest BCUT2D eigenvalue weighted by atomic mass is 32.1. The Bertz CT molecular complexity index is 671. The van der Waals surface area contributed by atoms with Crippen LogP contribution in [-0.2, 0) is 12.8 Å². The second-order valence-electron chi connectivity index (χ2n) is 5.74. The van der Waals surface area contributed by atoms with Gasteiger partial charge in [-0.3, -0.25) is 4.99 Å². The molecule has 2 N–H and O–H groups in total. The van der Waals surface area contributed by atoms with Gasteiger partial charge in [-0.2, -0.15) is 0 Å². The highest BCUT2D eigenvalue weighted by Gasteiger charge is 2.19. The van der Waals surface area contributed by atoms with E-state index in [0.29, 0.717) is 12.5 Å². The molecule has 130 valence electrons. The molecule has 24 heavy (non-hydrogen) atoms. The first-order valence-electron chi connectivity index (χ1n) is 8.32. The molecule has 1 aliphatic rings. The van der Waals surface area contributed by atoms with Crippen LogP contribution in [0, 0.1) is 6.92 Å². The summed E-state index contributed by atoms with van der Waals surface area (Å²) in [5.41, 5.74) is 7.38. The summed E-state index contributed by atoms with van der Waals surface area (Å²) in [6.45, 7) is 8.66. The zero-order valence-corrected chi connectivity index (χ0v) is 15.9. The molecule has 0 unspecified atom stereocenters. The van der Waals surface area contributed by atoms with Gasteiger partial charge < -0.3 is 15.5 Å². The molecule has 2 aromatic heterocycles. The molecule has 3 rings (SSSR count). The van der Waals surface area contributed by atoms with E-state index in [2.05, 4.69) is 38.6 Å². The summed E-state index contributed by atoms with van der Waals surface area (Å²) in [6, 6.07) is 0. The number of guanidine groups is 1. The average Bonchev–Trinajstić information content (AvgIpc) is 3.24. The number of nitrogens with zero attached hydrogens (tertiary/aromatic N) is 5. The molecule has 1 aliphatic heterocycles. The van der Waals surface area contributed by atoms with Crippen LogP contribution in [0.1, 0.15) is 22.5 Å². The lowest BCUT2D eigenvalue weighted by Gasteiger charge is -2.35. The van der Waals surface area contributed by atoms with Gasteiger partial charge in [0.25, 0.3) is 0 Å². The van der Waals surface area contributed by atoms with E-state index in [9.17, 15) is 0 Å². The fourth-order valence-electron chi connectivity index (χ4n) is 2.79. The molecular formula is C16H24N6S2. The van der Waals surface area contributed by atoms with Crippen LogP contribution in [0.15, 0.2) is 16.6 Å². The normalized spacial score (nSPS) is 16.0. The van der Waals surface area contributed by atoms with Crippen LogP contribution in [0.3, 0.4) is 0 Å². The summed E-state index contributed by atoms with van der Waals surface area (Å²) in [7, 11) is 0. The zero-order chi connectivity index (χ0) is 16.9. The van der Waals surface area contributed by atoms with Crippen molar-refractivity contribution in [3.05, 3.63) is 27.2 Å². The van der Waals surface area contributed by atoms with Gasteiger partial charge in [-0.15, -0.1) is 22.7 Å². The van der Waals surface area contributed by atoms with Crippen LogP contribution in [0.5, 0.6) is 0 Å². The van der Waals surface area contributed by atoms with Crippen LogP contribution in [-0.4, -0.2) is 53.6 Å². The number of aryl methyl sites for hydroxylation is 2. The lowest BCUT2D eigenvalue weighted by atomic mass is 10.3. The molecule has 6 nitrogen and oxygen atoms in total. The number of anilines is 1. The maximum absolute atomic E-state index is 6.17. The lowest BCUT2D eigenvalue weighted by Crippen LogP contribution is -2.51. The summed E-state index contributed by atoms with van der Waals surface area (Å²) >= 11 is 3.46. The van der Waals surface area contributed by atoms with Crippen molar-refractivity contribution < 1.29 is 0 Å². The van der Waals surface area contributed by atoms with Gasteiger partial charge >= 0.3 is 0 Å². The van der Waals surface area contributed by atoms with Crippen molar-refractivity contribution in [1.82, 2.24) is 14.9 Å². The minimum absolute atomic E-state index is 0.651. The molecule has 0 radical (unpaired) electrons. The molecule has 1 fully saturated rings. The van der Waals surface area contributed by atoms with Crippen LogP contribution in [0.4, 0.5) is 5.13 Å².